The van der Waals surface area contributed by atoms with Gasteiger partial charge in [0.2, 0.25) is 0 Å². The second-order valence-electron chi connectivity index (χ2n) is 4.26. The van der Waals surface area contributed by atoms with E-state index in [1.165, 1.54) is 10.9 Å². The summed E-state index contributed by atoms with van der Waals surface area (Å²) < 4.78 is 12.0. The van der Waals surface area contributed by atoms with E-state index in [0.29, 0.717) is 18.0 Å². The number of carbonyl (C=O) groups excluding carboxylic acids is 1. The number of rotatable bonds is 4. The number of nitrogens with zero attached hydrogens (tertiary/aromatic N) is 3. The number of amides is 1. The molecule has 0 aliphatic heterocycles. The van der Waals surface area contributed by atoms with Crippen LogP contribution in [0, 0.1) is 0 Å². The number of aromatic nitrogens is 2. The molecule has 106 valence electrons. The van der Waals surface area contributed by atoms with E-state index in [4.69, 9.17) is 9.47 Å². The fourth-order valence-electron chi connectivity index (χ4n) is 1.97. The van der Waals surface area contributed by atoms with Crippen molar-refractivity contribution in [1.29, 1.82) is 0 Å². The molecular weight excluding hydrogens is 258 g/mol. The van der Waals surface area contributed by atoms with Gasteiger partial charge in [-0.2, -0.15) is 0 Å². The summed E-state index contributed by atoms with van der Waals surface area (Å²) in [5.41, 5.74) is 0.878. The molecule has 1 aromatic heterocycles. The Hall–Kier alpha value is -2.50. The molecule has 2 aromatic rings. The Morgan fingerprint density at radius 3 is 2.75 bits per heavy atom. The van der Waals surface area contributed by atoms with E-state index < -0.39 is 0 Å². The minimum Gasteiger partial charge on any atom is -0.493 e. The molecule has 1 heterocycles. The van der Waals surface area contributed by atoms with Crippen LogP contribution < -0.4 is 9.47 Å². The molecule has 0 N–H and O–H groups in total. The smallest absolute Gasteiger partial charge is 0.329 e. The molecule has 0 fully saturated rings. The Morgan fingerprint density at radius 2 is 2.15 bits per heavy atom. The van der Waals surface area contributed by atoms with Gasteiger partial charge >= 0.3 is 6.03 Å². The van der Waals surface area contributed by atoms with E-state index in [1.54, 1.807) is 38.6 Å². The van der Waals surface area contributed by atoms with Gasteiger partial charge in [0.15, 0.2) is 11.5 Å². The van der Waals surface area contributed by atoms with Crippen LogP contribution in [-0.4, -0.2) is 41.7 Å². The van der Waals surface area contributed by atoms with E-state index >= 15 is 0 Å². The number of benzene rings is 1. The highest BCUT2D eigenvalue weighted by molar-refractivity contribution is 5.76. The Balaban J connectivity index is 2.19. The molecule has 20 heavy (non-hydrogen) atoms. The van der Waals surface area contributed by atoms with Crippen molar-refractivity contribution < 1.29 is 14.3 Å². The molecule has 0 bridgehead atoms. The summed E-state index contributed by atoms with van der Waals surface area (Å²) in [6, 6.07) is 5.43. The molecule has 0 saturated carbocycles. The Bertz CT molecular complexity index is 581. The second-order valence-corrected chi connectivity index (χ2v) is 4.26. The third-order valence-electron chi connectivity index (χ3n) is 2.94. The number of imidazole rings is 1. The summed E-state index contributed by atoms with van der Waals surface area (Å²) in [5.74, 6) is 1.29. The normalized spacial score (nSPS) is 10.2. The van der Waals surface area contributed by atoms with Gasteiger partial charge < -0.3 is 14.4 Å². The second kappa shape index (κ2) is 6.10. The van der Waals surface area contributed by atoms with Crippen LogP contribution in [-0.2, 0) is 6.54 Å². The predicted octanol–water partition coefficient (Wildman–Crippen LogP) is 2.00. The van der Waals surface area contributed by atoms with Crippen molar-refractivity contribution in [3.8, 4) is 11.5 Å². The van der Waals surface area contributed by atoms with Gasteiger partial charge in [-0.3, -0.25) is 4.57 Å². The van der Waals surface area contributed by atoms with Gasteiger partial charge in [0.1, 0.15) is 6.33 Å². The van der Waals surface area contributed by atoms with Crippen molar-refractivity contribution in [1.82, 2.24) is 14.5 Å². The quantitative estimate of drug-likeness (QED) is 0.856. The Morgan fingerprint density at radius 1 is 1.35 bits per heavy atom. The van der Waals surface area contributed by atoms with Gasteiger partial charge in [-0.1, -0.05) is 12.1 Å². The van der Waals surface area contributed by atoms with Crippen molar-refractivity contribution >= 4 is 6.03 Å². The molecule has 0 aliphatic rings. The van der Waals surface area contributed by atoms with Crippen LogP contribution in [0.1, 0.15) is 5.56 Å². The fourth-order valence-corrected chi connectivity index (χ4v) is 1.97. The predicted molar refractivity (Wildman–Crippen MR) is 74.0 cm³/mol. The molecule has 0 unspecified atom stereocenters. The first-order valence-corrected chi connectivity index (χ1v) is 6.10. The number of para-hydroxylation sites is 1. The highest BCUT2D eigenvalue weighted by Gasteiger charge is 2.15. The fraction of sp³-hybridized carbons (Fsp3) is 0.286. The summed E-state index contributed by atoms with van der Waals surface area (Å²) in [5, 5.41) is 0. The lowest BCUT2D eigenvalue weighted by Crippen LogP contribution is -2.30. The minimum absolute atomic E-state index is 0.160. The van der Waals surface area contributed by atoms with Crippen molar-refractivity contribution in [3.63, 3.8) is 0 Å². The summed E-state index contributed by atoms with van der Waals surface area (Å²) in [4.78, 5) is 17.6. The summed E-state index contributed by atoms with van der Waals surface area (Å²) in [6.45, 7) is 0.414. The van der Waals surface area contributed by atoms with Gasteiger partial charge in [-0.05, 0) is 6.07 Å². The lowest BCUT2D eigenvalue weighted by Gasteiger charge is -2.19. The molecule has 0 aliphatic carbocycles. The van der Waals surface area contributed by atoms with Gasteiger partial charge in [0.05, 0.1) is 20.8 Å². The molecule has 0 saturated heterocycles. The first-order valence-electron chi connectivity index (χ1n) is 6.10. The maximum Gasteiger partial charge on any atom is 0.329 e. The van der Waals surface area contributed by atoms with Crippen LogP contribution in [0.4, 0.5) is 4.79 Å². The first-order chi connectivity index (χ1) is 9.67. The number of methoxy groups -OCH3 is 2. The summed E-state index contributed by atoms with van der Waals surface area (Å²) in [6.07, 6.45) is 4.65. The largest absolute Gasteiger partial charge is 0.493 e. The molecule has 6 nitrogen and oxygen atoms in total. The minimum atomic E-state index is -0.160. The van der Waals surface area contributed by atoms with Crippen molar-refractivity contribution in [2.24, 2.45) is 0 Å². The molecule has 6 heteroatoms. The Kier molecular flexibility index (Phi) is 4.24. The van der Waals surface area contributed by atoms with E-state index in [2.05, 4.69) is 4.98 Å². The number of hydrogen-bond donors (Lipinski definition) is 0. The average molecular weight is 275 g/mol. The highest BCUT2D eigenvalue weighted by Crippen LogP contribution is 2.31. The number of carbonyl (C=O) groups is 1. The SMILES string of the molecule is COc1cccc(CN(C)C(=O)n2ccnc2)c1OC. The highest BCUT2D eigenvalue weighted by atomic mass is 16.5. The topological polar surface area (TPSA) is 56.6 Å². The lowest BCUT2D eigenvalue weighted by molar-refractivity contribution is 0.208. The van der Waals surface area contributed by atoms with E-state index in [-0.39, 0.29) is 6.03 Å². The van der Waals surface area contributed by atoms with Crippen LogP contribution in [0.5, 0.6) is 11.5 Å². The zero-order valence-corrected chi connectivity index (χ0v) is 11.7. The zero-order chi connectivity index (χ0) is 14.5. The van der Waals surface area contributed by atoms with Gasteiger partial charge in [-0.25, -0.2) is 9.78 Å². The van der Waals surface area contributed by atoms with Crippen LogP contribution in [0.15, 0.2) is 36.9 Å². The number of ether oxygens (including phenoxy) is 2. The van der Waals surface area contributed by atoms with E-state index in [1.807, 2.05) is 18.2 Å². The molecule has 0 spiro atoms. The molecule has 2 rings (SSSR count). The van der Waals surface area contributed by atoms with Crippen LogP contribution in [0.25, 0.3) is 0 Å². The third-order valence-corrected chi connectivity index (χ3v) is 2.94. The average Bonchev–Trinajstić information content (AvgIpc) is 3.00. The zero-order valence-electron chi connectivity index (χ0n) is 11.7. The summed E-state index contributed by atoms with van der Waals surface area (Å²) in [7, 11) is 4.89. The molecule has 0 radical (unpaired) electrons. The lowest BCUT2D eigenvalue weighted by atomic mass is 10.1. The van der Waals surface area contributed by atoms with Crippen molar-refractivity contribution in [2.45, 2.75) is 6.54 Å². The van der Waals surface area contributed by atoms with Crippen LogP contribution in [0.2, 0.25) is 0 Å². The maximum atomic E-state index is 12.1. The van der Waals surface area contributed by atoms with Crippen molar-refractivity contribution in [3.05, 3.63) is 42.5 Å². The standard InChI is InChI=1S/C14H17N3O3/c1-16(14(18)17-8-7-15-10-17)9-11-5-4-6-12(19-2)13(11)20-3/h4-8,10H,9H2,1-3H3. The number of hydrogen-bond acceptors (Lipinski definition) is 4. The van der Waals surface area contributed by atoms with E-state index in [9.17, 15) is 4.79 Å². The maximum absolute atomic E-state index is 12.1. The monoisotopic (exact) mass is 275 g/mol. The van der Waals surface area contributed by atoms with Gasteiger partial charge in [0.25, 0.3) is 0 Å². The molecule has 1 amide bonds. The third kappa shape index (κ3) is 2.74. The summed E-state index contributed by atoms with van der Waals surface area (Å²) >= 11 is 0. The van der Waals surface area contributed by atoms with Gasteiger partial charge in [0, 0.05) is 25.0 Å². The molecule has 0 atom stereocenters. The van der Waals surface area contributed by atoms with Crippen molar-refractivity contribution in [2.75, 3.05) is 21.3 Å². The van der Waals surface area contributed by atoms with Gasteiger partial charge in [-0.15, -0.1) is 0 Å². The van der Waals surface area contributed by atoms with Crippen LogP contribution >= 0.6 is 0 Å². The Labute approximate surface area is 117 Å². The molecular formula is C14H17N3O3. The van der Waals surface area contributed by atoms with E-state index in [0.717, 1.165) is 5.56 Å². The van der Waals surface area contributed by atoms with Crippen LogP contribution in [0.3, 0.4) is 0 Å². The first kappa shape index (κ1) is 13.9. The molecule has 1 aromatic carbocycles.